The van der Waals surface area contributed by atoms with Gasteiger partial charge in [-0.2, -0.15) is 5.10 Å². The van der Waals surface area contributed by atoms with Crippen LogP contribution in [0, 0.1) is 5.92 Å². The van der Waals surface area contributed by atoms with Crippen molar-refractivity contribution >= 4 is 11.5 Å². The maximum Gasteiger partial charge on any atom is 0.330 e. The summed E-state index contributed by atoms with van der Waals surface area (Å²) in [4.78, 5) is 29.4. The van der Waals surface area contributed by atoms with E-state index in [0.29, 0.717) is 25.3 Å². The van der Waals surface area contributed by atoms with E-state index >= 15 is 0 Å². The molecule has 2 heterocycles. The Bertz CT molecular complexity index is 1060. The molecule has 0 aliphatic heterocycles. The summed E-state index contributed by atoms with van der Waals surface area (Å²) < 4.78 is 3.25. The summed E-state index contributed by atoms with van der Waals surface area (Å²) in [5, 5.41) is 4.24. The van der Waals surface area contributed by atoms with Gasteiger partial charge in [-0.05, 0) is 36.1 Å². The van der Waals surface area contributed by atoms with Gasteiger partial charge in [0.25, 0.3) is 5.56 Å². The van der Waals surface area contributed by atoms with E-state index in [2.05, 4.69) is 17.0 Å². The minimum atomic E-state index is -0.464. The molecule has 0 saturated carbocycles. The average molecular weight is 411 g/mol. The van der Waals surface area contributed by atoms with Crippen LogP contribution in [0.5, 0.6) is 0 Å². The molecular weight excluding hydrogens is 380 g/mol. The average Bonchev–Trinajstić information content (AvgIpc) is 3.24. The zero-order chi connectivity index (χ0) is 21.7. The van der Waals surface area contributed by atoms with Gasteiger partial charge in [0.1, 0.15) is 11.5 Å². The molecule has 0 atom stereocenters. The van der Waals surface area contributed by atoms with Gasteiger partial charge in [-0.3, -0.25) is 14.3 Å². The number of aromatic nitrogens is 4. The number of nitrogens with two attached hydrogens (primary N) is 1. The van der Waals surface area contributed by atoms with Gasteiger partial charge in [-0.25, -0.2) is 9.48 Å². The van der Waals surface area contributed by atoms with Crippen molar-refractivity contribution in [3.8, 4) is 5.69 Å². The largest absolute Gasteiger partial charge is 0.383 e. The topological polar surface area (TPSA) is 102 Å². The molecule has 0 amide bonds. The van der Waals surface area contributed by atoms with Crippen LogP contribution in [0.15, 0.2) is 52.3 Å². The van der Waals surface area contributed by atoms with Gasteiger partial charge in [-0.1, -0.05) is 39.3 Å². The molecule has 8 nitrogen and oxygen atoms in total. The maximum atomic E-state index is 12.7. The van der Waals surface area contributed by atoms with Crippen LogP contribution >= 0.6 is 0 Å². The van der Waals surface area contributed by atoms with Crippen molar-refractivity contribution in [1.82, 2.24) is 19.3 Å². The third-order valence-electron chi connectivity index (χ3n) is 4.94. The highest BCUT2D eigenvalue weighted by Crippen LogP contribution is 2.21. The lowest BCUT2D eigenvalue weighted by Gasteiger charge is -2.26. The van der Waals surface area contributed by atoms with E-state index in [1.54, 1.807) is 10.9 Å². The highest BCUT2D eigenvalue weighted by atomic mass is 16.2. The zero-order valence-electron chi connectivity index (χ0n) is 17.8. The molecule has 160 valence electrons. The van der Waals surface area contributed by atoms with Gasteiger partial charge < -0.3 is 10.6 Å². The van der Waals surface area contributed by atoms with E-state index in [4.69, 9.17) is 5.73 Å². The number of rotatable bonds is 9. The monoisotopic (exact) mass is 410 g/mol. The first kappa shape index (κ1) is 21.4. The van der Waals surface area contributed by atoms with Gasteiger partial charge >= 0.3 is 5.69 Å². The summed E-state index contributed by atoms with van der Waals surface area (Å²) in [6, 6.07) is 9.90. The number of aromatic amines is 1. The van der Waals surface area contributed by atoms with Crippen LogP contribution in [0.25, 0.3) is 5.69 Å². The van der Waals surface area contributed by atoms with Crippen LogP contribution in [0.1, 0.15) is 39.2 Å². The Labute approximate surface area is 176 Å². The van der Waals surface area contributed by atoms with E-state index < -0.39 is 11.2 Å². The molecule has 2 aromatic heterocycles. The summed E-state index contributed by atoms with van der Waals surface area (Å²) >= 11 is 0. The van der Waals surface area contributed by atoms with Crippen molar-refractivity contribution in [2.75, 3.05) is 17.2 Å². The van der Waals surface area contributed by atoms with Crippen LogP contribution < -0.4 is 21.9 Å². The highest BCUT2D eigenvalue weighted by molar-refractivity contribution is 5.62. The van der Waals surface area contributed by atoms with E-state index in [-0.39, 0.29) is 11.7 Å². The summed E-state index contributed by atoms with van der Waals surface area (Å²) in [5.41, 5.74) is 7.80. The molecule has 0 aliphatic carbocycles. The van der Waals surface area contributed by atoms with Crippen molar-refractivity contribution < 1.29 is 0 Å². The second kappa shape index (κ2) is 9.47. The lowest BCUT2D eigenvalue weighted by molar-refractivity contribution is 0.506. The van der Waals surface area contributed by atoms with Crippen LogP contribution in [-0.4, -0.2) is 25.9 Å². The molecule has 0 radical (unpaired) electrons. The van der Waals surface area contributed by atoms with Gasteiger partial charge in [0.15, 0.2) is 0 Å². The number of nitrogens with one attached hydrogen (secondary N) is 1. The molecule has 0 bridgehead atoms. The second-order valence-corrected chi connectivity index (χ2v) is 7.89. The van der Waals surface area contributed by atoms with Gasteiger partial charge in [-0.15, -0.1) is 0 Å². The van der Waals surface area contributed by atoms with Crippen LogP contribution in [0.3, 0.4) is 0 Å². The Morgan fingerprint density at radius 2 is 1.93 bits per heavy atom. The van der Waals surface area contributed by atoms with Gasteiger partial charge in [0, 0.05) is 32.0 Å². The fourth-order valence-corrected chi connectivity index (χ4v) is 3.44. The number of unbranched alkanes of at least 4 members (excludes halogenated alkanes) is 1. The summed E-state index contributed by atoms with van der Waals surface area (Å²) in [6.07, 6.45) is 5.52. The van der Waals surface area contributed by atoms with Crippen LogP contribution in [-0.2, 0) is 13.1 Å². The van der Waals surface area contributed by atoms with Crippen molar-refractivity contribution in [3.05, 3.63) is 69.1 Å². The minimum Gasteiger partial charge on any atom is -0.383 e. The molecule has 0 aliphatic rings. The SMILES string of the molecule is CCCCN(Cc1ccc(-n2cccn2)cc1)c1c(N)n(CC(C)C)c(=O)[nH]c1=O. The Morgan fingerprint density at radius 1 is 1.20 bits per heavy atom. The number of hydrogen-bond donors (Lipinski definition) is 2. The molecule has 0 saturated heterocycles. The first-order chi connectivity index (χ1) is 14.4. The molecule has 0 fully saturated rings. The second-order valence-electron chi connectivity index (χ2n) is 7.89. The molecule has 30 heavy (non-hydrogen) atoms. The lowest BCUT2D eigenvalue weighted by atomic mass is 10.1. The first-order valence-electron chi connectivity index (χ1n) is 10.4. The fourth-order valence-electron chi connectivity index (χ4n) is 3.44. The highest BCUT2D eigenvalue weighted by Gasteiger charge is 2.19. The predicted octanol–water partition coefficient (Wildman–Crippen LogP) is 2.77. The van der Waals surface area contributed by atoms with Crippen molar-refractivity contribution in [1.29, 1.82) is 0 Å². The number of nitrogens with zero attached hydrogens (tertiary/aromatic N) is 4. The predicted molar refractivity (Wildman–Crippen MR) is 120 cm³/mol. The summed E-state index contributed by atoms with van der Waals surface area (Å²) in [5.74, 6) is 0.449. The molecule has 3 N–H and O–H groups in total. The standard InChI is InChI=1S/C22H30N6O2/c1-4-5-12-26(15-17-7-9-18(10-8-17)28-13-6-11-24-28)19-20(23)27(14-16(2)3)22(30)25-21(19)29/h6-11,13,16H,4-5,12,14-15,23H2,1-3H3,(H,25,29,30). The lowest BCUT2D eigenvalue weighted by Crippen LogP contribution is -2.39. The number of anilines is 2. The maximum absolute atomic E-state index is 12.7. The first-order valence-corrected chi connectivity index (χ1v) is 10.4. The van der Waals surface area contributed by atoms with E-state index in [9.17, 15) is 9.59 Å². The summed E-state index contributed by atoms with van der Waals surface area (Å²) in [7, 11) is 0. The van der Waals surface area contributed by atoms with Gasteiger partial charge in [0.2, 0.25) is 0 Å². The van der Waals surface area contributed by atoms with Crippen LogP contribution in [0.4, 0.5) is 11.5 Å². The van der Waals surface area contributed by atoms with Crippen molar-refractivity contribution in [2.24, 2.45) is 5.92 Å². The quantitative estimate of drug-likeness (QED) is 0.565. The van der Waals surface area contributed by atoms with Crippen molar-refractivity contribution in [3.63, 3.8) is 0 Å². The zero-order valence-corrected chi connectivity index (χ0v) is 17.8. The third kappa shape index (κ3) is 4.82. The Morgan fingerprint density at radius 3 is 2.53 bits per heavy atom. The van der Waals surface area contributed by atoms with Crippen molar-refractivity contribution in [2.45, 2.75) is 46.7 Å². The van der Waals surface area contributed by atoms with E-state index in [1.165, 1.54) is 4.57 Å². The minimum absolute atomic E-state index is 0.224. The number of benzene rings is 1. The molecule has 0 unspecified atom stereocenters. The summed E-state index contributed by atoms with van der Waals surface area (Å²) in [6.45, 7) is 7.76. The number of hydrogen-bond acceptors (Lipinski definition) is 5. The molecule has 3 aromatic rings. The molecule has 3 rings (SSSR count). The number of nitrogen functional groups attached to an aromatic ring is 1. The van der Waals surface area contributed by atoms with E-state index in [0.717, 1.165) is 24.1 Å². The Balaban J connectivity index is 1.95. The molecular formula is C22H30N6O2. The normalized spacial score (nSPS) is 11.2. The smallest absolute Gasteiger partial charge is 0.330 e. The number of H-pyrrole nitrogens is 1. The van der Waals surface area contributed by atoms with Gasteiger partial charge in [0.05, 0.1) is 5.69 Å². The Hall–Kier alpha value is -3.29. The third-order valence-corrected chi connectivity index (χ3v) is 4.94. The fraction of sp³-hybridized carbons (Fsp3) is 0.409. The molecule has 0 spiro atoms. The molecule has 1 aromatic carbocycles. The molecule has 8 heteroatoms. The van der Waals surface area contributed by atoms with E-state index in [1.807, 2.05) is 55.3 Å². The van der Waals surface area contributed by atoms with Crippen LogP contribution in [0.2, 0.25) is 0 Å². The Kier molecular flexibility index (Phi) is 6.76.